The Morgan fingerprint density at radius 3 is 2.80 bits per heavy atom. The highest BCUT2D eigenvalue weighted by atomic mass is 16.5. The zero-order valence-electron chi connectivity index (χ0n) is 9.41. The van der Waals surface area contributed by atoms with E-state index in [0.29, 0.717) is 18.6 Å². The van der Waals surface area contributed by atoms with E-state index < -0.39 is 0 Å². The Balaban J connectivity index is 2.77. The van der Waals surface area contributed by atoms with Gasteiger partial charge in [0.2, 0.25) is 0 Å². The molecular formula is C12H18O3. The predicted octanol–water partition coefficient (Wildman–Crippen LogP) is 2.26. The number of rotatable bonds is 4. The molecule has 0 N–H and O–H groups in total. The maximum absolute atomic E-state index is 11.6. The van der Waals surface area contributed by atoms with Crippen LogP contribution in [0.3, 0.4) is 0 Å². The summed E-state index contributed by atoms with van der Waals surface area (Å²) in [5, 5.41) is 0. The minimum absolute atomic E-state index is 0.147. The van der Waals surface area contributed by atoms with E-state index in [2.05, 4.69) is 0 Å². The van der Waals surface area contributed by atoms with Gasteiger partial charge in [0.15, 0.2) is 0 Å². The van der Waals surface area contributed by atoms with Crippen molar-refractivity contribution in [3.63, 3.8) is 0 Å². The third kappa shape index (κ3) is 2.91. The molecule has 0 aromatic carbocycles. The average molecular weight is 210 g/mol. The molecule has 1 aliphatic rings. The summed E-state index contributed by atoms with van der Waals surface area (Å²) in [6.07, 6.45) is 5.00. The van der Waals surface area contributed by atoms with Crippen molar-refractivity contribution in [2.24, 2.45) is 5.92 Å². The van der Waals surface area contributed by atoms with E-state index in [-0.39, 0.29) is 17.7 Å². The molecule has 15 heavy (non-hydrogen) atoms. The van der Waals surface area contributed by atoms with Crippen molar-refractivity contribution in [3.05, 3.63) is 11.6 Å². The summed E-state index contributed by atoms with van der Waals surface area (Å²) in [6.45, 7) is 3.97. The van der Waals surface area contributed by atoms with Crippen LogP contribution in [0.15, 0.2) is 11.6 Å². The first-order valence-electron chi connectivity index (χ1n) is 5.60. The Kier molecular flexibility index (Phi) is 4.53. The van der Waals surface area contributed by atoms with Crippen molar-refractivity contribution in [2.45, 2.75) is 39.5 Å². The van der Waals surface area contributed by atoms with Gasteiger partial charge in [-0.3, -0.25) is 4.79 Å². The van der Waals surface area contributed by atoms with E-state index in [0.717, 1.165) is 19.3 Å². The first-order chi connectivity index (χ1) is 7.20. The predicted molar refractivity (Wildman–Crippen MR) is 57.4 cm³/mol. The van der Waals surface area contributed by atoms with Crippen molar-refractivity contribution < 1.29 is 14.3 Å². The molecule has 0 aromatic rings. The number of carbonyl (C=O) groups is 2. The monoisotopic (exact) mass is 210 g/mol. The van der Waals surface area contributed by atoms with Crippen LogP contribution in [-0.4, -0.2) is 18.4 Å². The van der Waals surface area contributed by atoms with Crippen molar-refractivity contribution in [1.29, 1.82) is 0 Å². The third-order valence-corrected chi connectivity index (χ3v) is 2.68. The molecule has 1 rings (SSSR count). The smallest absolute Gasteiger partial charge is 0.334 e. The normalized spacial score (nSPS) is 20.7. The molecule has 3 nitrogen and oxygen atoms in total. The van der Waals surface area contributed by atoms with Crippen LogP contribution < -0.4 is 0 Å². The second-order valence-electron chi connectivity index (χ2n) is 3.68. The van der Waals surface area contributed by atoms with Crippen LogP contribution in [0.2, 0.25) is 0 Å². The Hall–Kier alpha value is -1.12. The lowest BCUT2D eigenvalue weighted by Gasteiger charge is -2.21. The minimum Gasteiger partial charge on any atom is -0.463 e. The topological polar surface area (TPSA) is 43.4 Å². The van der Waals surface area contributed by atoms with E-state index in [9.17, 15) is 9.59 Å². The fourth-order valence-corrected chi connectivity index (χ4v) is 1.90. The van der Waals surface area contributed by atoms with Crippen molar-refractivity contribution >= 4 is 11.8 Å². The van der Waals surface area contributed by atoms with Crippen molar-refractivity contribution in [3.8, 4) is 0 Å². The Labute approximate surface area is 90.5 Å². The highest BCUT2D eigenvalue weighted by Gasteiger charge is 2.28. The highest BCUT2D eigenvalue weighted by Crippen LogP contribution is 2.27. The molecule has 0 aromatic heterocycles. The number of Topliss-reactive ketones (excluding diaryl/α,β-unsaturated/α-hetero) is 1. The molecule has 1 unspecified atom stereocenters. The van der Waals surface area contributed by atoms with Crippen LogP contribution >= 0.6 is 0 Å². The van der Waals surface area contributed by atoms with Gasteiger partial charge in [0.1, 0.15) is 5.78 Å². The number of carbonyl (C=O) groups excluding carboxylic acids is 2. The van der Waals surface area contributed by atoms with Gasteiger partial charge in [-0.05, 0) is 26.2 Å². The lowest BCUT2D eigenvalue weighted by atomic mass is 9.84. The average Bonchev–Trinajstić information content (AvgIpc) is 2.28. The van der Waals surface area contributed by atoms with Gasteiger partial charge in [-0.25, -0.2) is 4.79 Å². The van der Waals surface area contributed by atoms with Crippen LogP contribution in [0.1, 0.15) is 39.5 Å². The molecule has 0 amide bonds. The fraction of sp³-hybridized carbons (Fsp3) is 0.667. The highest BCUT2D eigenvalue weighted by molar-refractivity contribution is 5.97. The van der Waals surface area contributed by atoms with Crippen LogP contribution in [0.25, 0.3) is 0 Å². The van der Waals surface area contributed by atoms with E-state index in [1.54, 1.807) is 6.92 Å². The number of hydrogen-bond donors (Lipinski definition) is 0. The zero-order valence-corrected chi connectivity index (χ0v) is 9.41. The Morgan fingerprint density at radius 1 is 1.47 bits per heavy atom. The molecule has 1 aliphatic carbocycles. The van der Waals surface area contributed by atoms with Gasteiger partial charge in [0, 0.05) is 17.9 Å². The van der Waals surface area contributed by atoms with Crippen LogP contribution in [0.4, 0.5) is 0 Å². The van der Waals surface area contributed by atoms with Gasteiger partial charge in [0.05, 0.1) is 6.61 Å². The number of ether oxygens (including phenoxy) is 1. The maximum Gasteiger partial charge on any atom is 0.334 e. The molecule has 0 fully saturated rings. The van der Waals surface area contributed by atoms with Crippen molar-refractivity contribution in [1.82, 2.24) is 0 Å². The van der Waals surface area contributed by atoms with E-state index in [4.69, 9.17) is 4.74 Å². The molecule has 1 atom stereocenters. The maximum atomic E-state index is 11.6. The SMILES string of the molecule is CCOC(=O)C1=CCCCC1C(=O)CC. The summed E-state index contributed by atoms with van der Waals surface area (Å²) < 4.78 is 4.95. The largest absolute Gasteiger partial charge is 0.463 e. The molecule has 0 radical (unpaired) electrons. The van der Waals surface area contributed by atoms with Crippen molar-refractivity contribution in [2.75, 3.05) is 6.61 Å². The molecule has 0 aliphatic heterocycles. The first-order valence-corrected chi connectivity index (χ1v) is 5.60. The molecule has 0 saturated heterocycles. The fourth-order valence-electron chi connectivity index (χ4n) is 1.90. The van der Waals surface area contributed by atoms with Gasteiger partial charge in [-0.2, -0.15) is 0 Å². The van der Waals surface area contributed by atoms with E-state index in [1.165, 1.54) is 0 Å². The summed E-state index contributed by atoms with van der Waals surface area (Å²) in [4.78, 5) is 23.2. The number of esters is 1. The summed E-state index contributed by atoms with van der Waals surface area (Å²) in [5.41, 5.74) is 0.579. The zero-order chi connectivity index (χ0) is 11.3. The number of allylic oxidation sites excluding steroid dienone is 1. The quantitative estimate of drug-likeness (QED) is 0.668. The molecule has 84 valence electrons. The first kappa shape index (κ1) is 12.0. The molecule has 0 saturated carbocycles. The second kappa shape index (κ2) is 5.69. The number of ketones is 1. The van der Waals surface area contributed by atoms with Gasteiger partial charge < -0.3 is 4.74 Å². The standard InChI is InChI=1S/C12H18O3/c1-3-11(13)9-7-5-6-8-10(9)12(14)15-4-2/h8-9H,3-7H2,1-2H3. The Morgan fingerprint density at radius 2 is 2.20 bits per heavy atom. The molecule has 0 spiro atoms. The van der Waals surface area contributed by atoms with Gasteiger partial charge in [-0.1, -0.05) is 13.0 Å². The van der Waals surface area contributed by atoms with Gasteiger partial charge in [0.25, 0.3) is 0 Å². The number of hydrogen-bond acceptors (Lipinski definition) is 3. The van der Waals surface area contributed by atoms with E-state index >= 15 is 0 Å². The minimum atomic E-state index is -0.316. The van der Waals surface area contributed by atoms with Crippen LogP contribution in [0.5, 0.6) is 0 Å². The molecular weight excluding hydrogens is 192 g/mol. The van der Waals surface area contributed by atoms with Gasteiger partial charge >= 0.3 is 5.97 Å². The summed E-state index contributed by atoms with van der Waals surface area (Å²) in [6, 6.07) is 0. The molecule has 0 heterocycles. The molecule has 3 heteroatoms. The van der Waals surface area contributed by atoms with Crippen LogP contribution in [-0.2, 0) is 14.3 Å². The summed E-state index contributed by atoms with van der Waals surface area (Å²) in [5.74, 6) is -0.388. The Bertz CT molecular complexity index is 279. The molecule has 0 bridgehead atoms. The third-order valence-electron chi connectivity index (χ3n) is 2.68. The van der Waals surface area contributed by atoms with Gasteiger partial charge in [-0.15, -0.1) is 0 Å². The lowest BCUT2D eigenvalue weighted by molar-refractivity contribution is -0.140. The van der Waals surface area contributed by atoms with E-state index in [1.807, 2.05) is 13.0 Å². The summed E-state index contributed by atoms with van der Waals surface area (Å²) >= 11 is 0. The van der Waals surface area contributed by atoms with Crippen LogP contribution in [0, 0.1) is 5.92 Å². The summed E-state index contributed by atoms with van der Waals surface area (Å²) in [7, 11) is 0. The lowest BCUT2D eigenvalue weighted by Crippen LogP contribution is -2.25. The second-order valence-corrected chi connectivity index (χ2v) is 3.68.